The van der Waals surface area contributed by atoms with Crippen LogP contribution in [-0.4, -0.2) is 29.9 Å². The topological polar surface area (TPSA) is 46.3 Å². The molecule has 2 rings (SSSR count). The Balaban J connectivity index is 2.34. The van der Waals surface area contributed by atoms with Crippen LogP contribution in [0.2, 0.25) is 0 Å². The SMILES string of the molecule is CCN(C(=O)c1ccc(C)cc1C#CCN)C1CC1. The second kappa shape index (κ2) is 5.90. The molecule has 1 aliphatic rings. The minimum atomic E-state index is 0.0892. The van der Waals surface area contributed by atoms with E-state index in [1.807, 2.05) is 36.9 Å². The summed E-state index contributed by atoms with van der Waals surface area (Å²) in [5.41, 5.74) is 8.00. The lowest BCUT2D eigenvalue weighted by Gasteiger charge is -2.21. The molecule has 0 heterocycles. The molecule has 1 aromatic carbocycles. The first-order valence-corrected chi connectivity index (χ1v) is 6.78. The van der Waals surface area contributed by atoms with Gasteiger partial charge in [-0.25, -0.2) is 0 Å². The Morgan fingerprint density at radius 2 is 2.21 bits per heavy atom. The molecule has 1 aromatic rings. The maximum Gasteiger partial charge on any atom is 0.255 e. The van der Waals surface area contributed by atoms with Gasteiger partial charge in [-0.1, -0.05) is 17.9 Å². The fourth-order valence-corrected chi connectivity index (χ4v) is 2.20. The Bertz CT molecular complexity index is 535. The van der Waals surface area contributed by atoms with E-state index in [9.17, 15) is 4.79 Å². The number of hydrogen-bond donors (Lipinski definition) is 1. The fourth-order valence-electron chi connectivity index (χ4n) is 2.20. The molecule has 0 aliphatic heterocycles. The van der Waals surface area contributed by atoms with E-state index in [2.05, 4.69) is 11.8 Å². The molecule has 0 unspecified atom stereocenters. The number of hydrogen-bond acceptors (Lipinski definition) is 2. The number of amides is 1. The Labute approximate surface area is 114 Å². The van der Waals surface area contributed by atoms with Crippen molar-refractivity contribution in [2.75, 3.05) is 13.1 Å². The molecule has 0 saturated heterocycles. The monoisotopic (exact) mass is 256 g/mol. The number of rotatable bonds is 3. The highest BCUT2D eigenvalue weighted by atomic mass is 16.2. The smallest absolute Gasteiger partial charge is 0.255 e. The summed E-state index contributed by atoms with van der Waals surface area (Å²) in [4.78, 5) is 14.5. The maximum atomic E-state index is 12.6. The quantitative estimate of drug-likeness (QED) is 0.840. The van der Waals surface area contributed by atoms with Gasteiger partial charge in [0.25, 0.3) is 5.91 Å². The van der Waals surface area contributed by atoms with Gasteiger partial charge in [-0.3, -0.25) is 4.79 Å². The molecule has 1 amide bonds. The van der Waals surface area contributed by atoms with Gasteiger partial charge in [0.05, 0.1) is 12.1 Å². The lowest BCUT2D eigenvalue weighted by atomic mass is 10.0. The largest absolute Gasteiger partial charge is 0.336 e. The first-order chi connectivity index (χ1) is 9.17. The van der Waals surface area contributed by atoms with E-state index in [0.717, 1.165) is 30.5 Å². The third kappa shape index (κ3) is 3.15. The van der Waals surface area contributed by atoms with Crippen LogP contribution in [0, 0.1) is 18.8 Å². The van der Waals surface area contributed by atoms with Gasteiger partial charge in [0, 0.05) is 18.2 Å². The lowest BCUT2D eigenvalue weighted by Crippen LogP contribution is -2.33. The van der Waals surface area contributed by atoms with E-state index in [1.165, 1.54) is 0 Å². The molecule has 100 valence electrons. The second-order valence-corrected chi connectivity index (χ2v) is 4.88. The van der Waals surface area contributed by atoms with Gasteiger partial charge in [0.15, 0.2) is 0 Å². The molecule has 1 fully saturated rings. The number of nitrogens with two attached hydrogens (primary N) is 1. The van der Waals surface area contributed by atoms with Crippen molar-refractivity contribution in [2.45, 2.75) is 32.7 Å². The van der Waals surface area contributed by atoms with E-state index in [1.54, 1.807) is 0 Å². The lowest BCUT2D eigenvalue weighted by molar-refractivity contribution is 0.0752. The van der Waals surface area contributed by atoms with Gasteiger partial charge in [-0.15, -0.1) is 0 Å². The van der Waals surface area contributed by atoms with Crippen LogP contribution in [0.5, 0.6) is 0 Å². The molecule has 0 radical (unpaired) electrons. The van der Waals surface area contributed by atoms with Gasteiger partial charge >= 0.3 is 0 Å². The predicted molar refractivity (Wildman–Crippen MR) is 76.8 cm³/mol. The van der Waals surface area contributed by atoms with Crippen molar-refractivity contribution in [2.24, 2.45) is 5.73 Å². The summed E-state index contributed by atoms with van der Waals surface area (Å²) in [6.45, 7) is 5.08. The van der Waals surface area contributed by atoms with E-state index in [4.69, 9.17) is 5.73 Å². The number of aryl methyl sites for hydroxylation is 1. The zero-order valence-corrected chi connectivity index (χ0v) is 11.6. The zero-order valence-electron chi connectivity index (χ0n) is 11.6. The van der Waals surface area contributed by atoms with Gasteiger partial charge in [0.1, 0.15) is 0 Å². The Morgan fingerprint density at radius 3 is 2.79 bits per heavy atom. The first-order valence-electron chi connectivity index (χ1n) is 6.78. The van der Waals surface area contributed by atoms with Crippen LogP contribution in [0.3, 0.4) is 0 Å². The fraction of sp³-hybridized carbons (Fsp3) is 0.438. The van der Waals surface area contributed by atoms with Crippen molar-refractivity contribution < 1.29 is 4.79 Å². The zero-order chi connectivity index (χ0) is 13.8. The summed E-state index contributed by atoms with van der Waals surface area (Å²) in [5, 5.41) is 0. The molecule has 19 heavy (non-hydrogen) atoms. The van der Waals surface area contributed by atoms with E-state index < -0.39 is 0 Å². The van der Waals surface area contributed by atoms with E-state index >= 15 is 0 Å². The molecular weight excluding hydrogens is 236 g/mol. The summed E-state index contributed by atoms with van der Waals surface area (Å²) < 4.78 is 0. The van der Waals surface area contributed by atoms with Crippen molar-refractivity contribution in [1.82, 2.24) is 4.90 Å². The maximum absolute atomic E-state index is 12.6. The number of carbonyl (C=O) groups excluding carboxylic acids is 1. The molecule has 0 bridgehead atoms. The van der Waals surface area contributed by atoms with Crippen molar-refractivity contribution in [3.05, 3.63) is 34.9 Å². The van der Waals surface area contributed by atoms with Crippen LogP contribution in [-0.2, 0) is 0 Å². The summed E-state index contributed by atoms with van der Waals surface area (Å²) in [6.07, 6.45) is 2.24. The molecule has 2 N–H and O–H groups in total. The Kier molecular flexibility index (Phi) is 4.24. The molecule has 3 nitrogen and oxygen atoms in total. The molecular formula is C16H20N2O. The third-order valence-corrected chi connectivity index (χ3v) is 3.32. The minimum Gasteiger partial charge on any atom is -0.336 e. The minimum absolute atomic E-state index is 0.0892. The van der Waals surface area contributed by atoms with Gasteiger partial charge < -0.3 is 10.6 Å². The highest BCUT2D eigenvalue weighted by Crippen LogP contribution is 2.28. The number of nitrogens with zero attached hydrogens (tertiary/aromatic N) is 1. The molecule has 0 spiro atoms. The second-order valence-electron chi connectivity index (χ2n) is 4.88. The Morgan fingerprint density at radius 1 is 1.47 bits per heavy atom. The van der Waals surface area contributed by atoms with Crippen molar-refractivity contribution in [3.63, 3.8) is 0 Å². The Hall–Kier alpha value is -1.79. The van der Waals surface area contributed by atoms with Gasteiger partial charge in [-0.2, -0.15) is 0 Å². The summed E-state index contributed by atoms with van der Waals surface area (Å²) in [5.74, 6) is 5.94. The van der Waals surface area contributed by atoms with Crippen LogP contribution >= 0.6 is 0 Å². The van der Waals surface area contributed by atoms with Gasteiger partial charge in [0.2, 0.25) is 0 Å². The van der Waals surface area contributed by atoms with Crippen molar-refractivity contribution in [1.29, 1.82) is 0 Å². The highest BCUT2D eigenvalue weighted by Gasteiger charge is 2.32. The van der Waals surface area contributed by atoms with E-state index in [0.29, 0.717) is 18.2 Å². The average Bonchev–Trinajstić information content (AvgIpc) is 3.21. The van der Waals surface area contributed by atoms with Crippen LogP contribution in [0.15, 0.2) is 18.2 Å². The molecule has 1 saturated carbocycles. The van der Waals surface area contributed by atoms with Crippen molar-refractivity contribution in [3.8, 4) is 11.8 Å². The number of carbonyl (C=O) groups is 1. The standard InChI is InChI=1S/C16H20N2O/c1-3-18(14-7-8-14)16(19)15-9-6-12(2)11-13(15)5-4-10-17/h6,9,11,14H,3,7-8,10,17H2,1-2H3. The molecule has 0 atom stereocenters. The van der Waals surface area contributed by atoms with Crippen LogP contribution < -0.4 is 5.73 Å². The molecule has 3 heteroatoms. The number of benzene rings is 1. The molecule has 1 aliphatic carbocycles. The highest BCUT2D eigenvalue weighted by molar-refractivity contribution is 5.97. The summed E-state index contributed by atoms with van der Waals surface area (Å²) in [7, 11) is 0. The third-order valence-electron chi connectivity index (χ3n) is 3.32. The first kappa shape index (κ1) is 13.6. The molecule has 0 aromatic heterocycles. The van der Waals surface area contributed by atoms with E-state index in [-0.39, 0.29) is 5.91 Å². The summed E-state index contributed by atoms with van der Waals surface area (Å²) in [6, 6.07) is 6.22. The summed E-state index contributed by atoms with van der Waals surface area (Å²) >= 11 is 0. The van der Waals surface area contributed by atoms with Crippen LogP contribution in [0.25, 0.3) is 0 Å². The van der Waals surface area contributed by atoms with Crippen molar-refractivity contribution >= 4 is 5.91 Å². The van der Waals surface area contributed by atoms with Gasteiger partial charge in [-0.05, 0) is 44.4 Å². The normalized spacial score (nSPS) is 13.6. The predicted octanol–water partition coefficient (Wildman–Crippen LogP) is 1.93. The average molecular weight is 256 g/mol. The van der Waals surface area contributed by atoms with Crippen LogP contribution in [0.4, 0.5) is 0 Å². The van der Waals surface area contributed by atoms with Crippen LogP contribution in [0.1, 0.15) is 41.3 Å².